The van der Waals surface area contributed by atoms with Crippen LogP contribution in [0.25, 0.3) is 0 Å². The summed E-state index contributed by atoms with van der Waals surface area (Å²) in [5.41, 5.74) is 7.66. The maximum Gasteiger partial charge on any atom is 0.325 e. The van der Waals surface area contributed by atoms with E-state index in [0.29, 0.717) is 12.3 Å². The Labute approximate surface area is 189 Å². The van der Waals surface area contributed by atoms with Crippen LogP contribution in [0, 0.1) is 17.7 Å². The minimum Gasteiger partial charge on any atom is -0.323 e. The molecule has 174 valence electrons. The number of likely N-dealkylation sites (tertiary alicyclic amines) is 1. The Morgan fingerprint density at radius 2 is 1.91 bits per heavy atom. The van der Waals surface area contributed by atoms with Crippen molar-refractivity contribution in [3.63, 3.8) is 0 Å². The normalized spacial score (nSPS) is 29.5. The number of halogens is 1. The number of urea groups is 1. The fourth-order valence-corrected chi connectivity index (χ4v) is 5.53. The molecule has 0 aromatic heterocycles. The predicted molar refractivity (Wildman–Crippen MR) is 121 cm³/mol. The minimum atomic E-state index is -0.800. The fraction of sp³-hybridized carbons (Fsp3) is 0.583. The molecule has 3 aliphatic rings. The molecule has 3 heterocycles. The van der Waals surface area contributed by atoms with Gasteiger partial charge in [0.1, 0.15) is 11.4 Å². The highest BCUT2D eigenvalue weighted by Crippen LogP contribution is 2.37. The summed E-state index contributed by atoms with van der Waals surface area (Å²) < 4.78 is 13.3. The van der Waals surface area contributed by atoms with Crippen molar-refractivity contribution in [3.8, 4) is 0 Å². The molecule has 3 amide bonds. The van der Waals surface area contributed by atoms with Crippen molar-refractivity contribution in [1.82, 2.24) is 26.0 Å². The molecule has 3 aliphatic heterocycles. The van der Waals surface area contributed by atoms with E-state index in [9.17, 15) is 14.0 Å². The third kappa shape index (κ3) is 4.31. The summed E-state index contributed by atoms with van der Waals surface area (Å²) in [6.45, 7) is 11.5. The van der Waals surface area contributed by atoms with Gasteiger partial charge in [0.15, 0.2) is 0 Å². The first-order valence-electron chi connectivity index (χ1n) is 11.6. The van der Waals surface area contributed by atoms with Gasteiger partial charge >= 0.3 is 6.03 Å². The molecular weight excluding hydrogens is 409 g/mol. The lowest BCUT2D eigenvalue weighted by atomic mass is 9.75. The van der Waals surface area contributed by atoms with Crippen LogP contribution in [0.2, 0.25) is 0 Å². The minimum absolute atomic E-state index is 0.105. The van der Waals surface area contributed by atoms with Gasteiger partial charge in [-0.2, -0.15) is 0 Å². The average Bonchev–Trinajstić information content (AvgIpc) is 3.33. The summed E-state index contributed by atoms with van der Waals surface area (Å²) >= 11 is 0. The predicted octanol–water partition coefficient (Wildman–Crippen LogP) is 2.58. The Balaban J connectivity index is 1.37. The topological polar surface area (TPSA) is 76.7 Å². The van der Waals surface area contributed by atoms with E-state index in [1.165, 1.54) is 17.0 Å². The van der Waals surface area contributed by atoms with E-state index < -0.39 is 5.54 Å². The molecule has 3 fully saturated rings. The third-order valence-corrected chi connectivity index (χ3v) is 7.29. The molecule has 1 aromatic rings. The van der Waals surface area contributed by atoms with Crippen molar-refractivity contribution in [1.29, 1.82) is 0 Å². The van der Waals surface area contributed by atoms with Crippen LogP contribution in [0.15, 0.2) is 36.4 Å². The number of hydrogen-bond acceptors (Lipinski definition) is 5. The summed E-state index contributed by atoms with van der Waals surface area (Å²) in [6, 6.07) is 6.54. The Bertz CT molecular complexity index is 868. The van der Waals surface area contributed by atoms with Crippen LogP contribution in [0.5, 0.6) is 0 Å². The van der Waals surface area contributed by atoms with E-state index in [1.807, 2.05) is 26.0 Å². The number of rotatable bonds is 7. The zero-order valence-electron chi connectivity index (χ0n) is 19.0. The van der Waals surface area contributed by atoms with Gasteiger partial charge in [0, 0.05) is 19.0 Å². The molecule has 0 spiro atoms. The van der Waals surface area contributed by atoms with E-state index in [2.05, 4.69) is 27.6 Å². The first-order chi connectivity index (χ1) is 15.3. The lowest BCUT2D eigenvalue weighted by Crippen LogP contribution is -2.56. The van der Waals surface area contributed by atoms with Gasteiger partial charge in [0.25, 0.3) is 5.91 Å². The zero-order chi connectivity index (χ0) is 22.9. The second kappa shape index (κ2) is 9.29. The fourth-order valence-electron chi connectivity index (χ4n) is 5.53. The smallest absolute Gasteiger partial charge is 0.323 e. The standard InChI is InChI=1S/C24H34FN5O2/c1-4-24(22(31)30(14-16(2)3)23(32)27-24)19-9-11-29(12-10-19)15-18-13-26-28-21(18)17-5-7-20(25)8-6-17/h5-8,18-19,21,26,28H,2,4,9-15H2,1,3H3,(H,27,32). The third-order valence-electron chi connectivity index (χ3n) is 7.29. The van der Waals surface area contributed by atoms with E-state index in [-0.39, 0.29) is 36.3 Å². The Kier molecular flexibility index (Phi) is 6.65. The molecule has 0 bridgehead atoms. The van der Waals surface area contributed by atoms with E-state index in [0.717, 1.165) is 50.2 Å². The number of hydrogen-bond donors (Lipinski definition) is 3. The monoisotopic (exact) mass is 443 g/mol. The molecule has 3 atom stereocenters. The molecule has 3 saturated heterocycles. The summed E-state index contributed by atoms with van der Waals surface area (Å²) in [6.07, 6.45) is 2.34. The molecule has 8 heteroatoms. The van der Waals surface area contributed by atoms with Crippen LogP contribution in [0.3, 0.4) is 0 Å². The van der Waals surface area contributed by atoms with Gasteiger partial charge in [-0.3, -0.25) is 15.1 Å². The van der Waals surface area contributed by atoms with E-state index in [1.54, 1.807) is 0 Å². The maximum absolute atomic E-state index is 13.3. The van der Waals surface area contributed by atoms with Crippen molar-refractivity contribution >= 4 is 11.9 Å². The highest BCUT2D eigenvalue weighted by atomic mass is 19.1. The number of carbonyl (C=O) groups excluding carboxylic acids is 2. The van der Waals surface area contributed by atoms with Crippen molar-refractivity contribution in [2.75, 3.05) is 32.7 Å². The lowest BCUT2D eigenvalue weighted by molar-refractivity contribution is -0.134. The molecule has 1 aromatic carbocycles. The molecule has 0 saturated carbocycles. The number of hydrazine groups is 1. The van der Waals surface area contributed by atoms with Gasteiger partial charge in [0.2, 0.25) is 0 Å². The van der Waals surface area contributed by atoms with Crippen LogP contribution in [-0.4, -0.2) is 60.0 Å². The van der Waals surface area contributed by atoms with Gasteiger partial charge in [-0.15, -0.1) is 0 Å². The molecule has 7 nitrogen and oxygen atoms in total. The van der Waals surface area contributed by atoms with Crippen LogP contribution >= 0.6 is 0 Å². The molecule has 0 aliphatic carbocycles. The second-order valence-corrected chi connectivity index (χ2v) is 9.49. The summed E-state index contributed by atoms with van der Waals surface area (Å²) in [5, 5.41) is 3.04. The summed E-state index contributed by atoms with van der Waals surface area (Å²) in [4.78, 5) is 29.5. The highest BCUT2D eigenvalue weighted by Gasteiger charge is 2.54. The van der Waals surface area contributed by atoms with E-state index >= 15 is 0 Å². The van der Waals surface area contributed by atoms with Gasteiger partial charge in [-0.05, 0) is 62.9 Å². The number of carbonyl (C=O) groups is 2. The number of piperidine rings is 1. The summed E-state index contributed by atoms with van der Waals surface area (Å²) in [7, 11) is 0. The van der Waals surface area contributed by atoms with Crippen LogP contribution in [0.1, 0.15) is 44.7 Å². The molecule has 32 heavy (non-hydrogen) atoms. The molecule has 4 rings (SSSR count). The van der Waals surface area contributed by atoms with Crippen molar-refractivity contribution in [2.45, 2.75) is 44.7 Å². The number of nitrogens with zero attached hydrogens (tertiary/aromatic N) is 2. The quantitative estimate of drug-likeness (QED) is 0.446. The van der Waals surface area contributed by atoms with Gasteiger partial charge in [-0.25, -0.2) is 14.6 Å². The van der Waals surface area contributed by atoms with Gasteiger partial charge < -0.3 is 10.2 Å². The van der Waals surface area contributed by atoms with Gasteiger partial charge in [-0.1, -0.05) is 31.2 Å². The van der Waals surface area contributed by atoms with Crippen LogP contribution in [-0.2, 0) is 4.79 Å². The summed E-state index contributed by atoms with van der Waals surface area (Å²) in [5.74, 6) is 0.171. The molecule has 3 N–H and O–H groups in total. The average molecular weight is 444 g/mol. The van der Waals surface area contributed by atoms with Crippen molar-refractivity contribution in [2.24, 2.45) is 11.8 Å². The SMILES string of the molecule is C=C(C)CN1C(=O)NC(CC)(C2CCN(CC3CNNC3c3ccc(F)cc3)CC2)C1=O. The Morgan fingerprint density at radius 1 is 1.22 bits per heavy atom. The highest BCUT2D eigenvalue weighted by molar-refractivity contribution is 6.07. The Morgan fingerprint density at radius 3 is 2.53 bits per heavy atom. The van der Waals surface area contributed by atoms with E-state index in [4.69, 9.17) is 0 Å². The number of amides is 3. The van der Waals surface area contributed by atoms with Crippen LogP contribution < -0.4 is 16.2 Å². The largest absolute Gasteiger partial charge is 0.325 e. The first kappa shape index (κ1) is 22.9. The number of imide groups is 1. The maximum atomic E-state index is 13.3. The Hall–Kier alpha value is -2.29. The number of benzene rings is 1. The number of nitrogens with one attached hydrogen (secondary N) is 3. The molecule has 0 radical (unpaired) electrons. The van der Waals surface area contributed by atoms with Crippen LogP contribution in [0.4, 0.5) is 9.18 Å². The lowest BCUT2D eigenvalue weighted by Gasteiger charge is -2.41. The first-order valence-corrected chi connectivity index (χ1v) is 11.6. The molecule has 3 unspecified atom stereocenters. The zero-order valence-corrected chi connectivity index (χ0v) is 19.0. The molecular formula is C24H34FN5O2. The van der Waals surface area contributed by atoms with Crippen molar-refractivity contribution in [3.05, 3.63) is 47.8 Å². The van der Waals surface area contributed by atoms with Crippen molar-refractivity contribution < 1.29 is 14.0 Å². The van der Waals surface area contributed by atoms with Gasteiger partial charge in [0.05, 0.1) is 12.6 Å². The second-order valence-electron chi connectivity index (χ2n) is 9.49.